The molecule has 174 valence electrons. The number of amides is 1. The van der Waals surface area contributed by atoms with Crippen LogP contribution in [0, 0.1) is 5.82 Å². The lowest BCUT2D eigenvalue weighted by Gasteiger charge is -2.25. The van der Waals surface area contributed by atoms with Crippen molar-refractivity contribution in [2.45, 2.75) is 26.0 Å². The van der Waals surface area contributed by atoms with E-state index >= 15 is 0 Å². The number of ether oxygens (including phenoxy) is 2. The summed E-state index contributed by atoms with van der Waals surface area (Å²) in [7, 11) is 1.50. The first kappa shape index (κ1) is 23.0. The van der Waals surface area contributed by atoms with E-state index in [4.69, 9.17) is 9.47 Å². The van der Waals surface area contributed by atoms with Crippen LogP contribution in [0.2, 0.25) is 0 Å². The number of Topliss-reactive ketones (excluding diaryl/α,β-unsaturated/α-hetero) is 1. The zero-order chi connectivity index (χ0) is 24.4. The van der Waals surface area contributed by atoms with Crippen LogP contribution in [0.3, 0.4) is 0 Å². The number of rotatable bonds is 6. The van der Waals surface area contributed by atoms with Gasteiger partial charge in [-0.05, 0) is 61.9 Å². The molecule has 1 aliphatic heterocycles. The molecule has 1 saturated heterocycles. The highest BCUT2D eigenvalue weighted by Crippen LogP contribution is 2.43. The van der Waals surface area contributed by atoms with Crippen LogP contribution < -0.4 is 14.4 Å². The fourth-order valence-corrected chi connectivity index (χ4v) is 4.00. The third-order valence-corrected chi connectivity index (χ3v) is 5.42. The SMILES string of the molecule is COc1cccc(C2/C(=C(\O)c3cccc(OC(C)C)c3)C(=O)C(=O)N2c2cccc(F)c2)c1. The van der Waals surface area contributed by atoms with Gasteiger partial charge in [0.05, 0.1) is 24.8 Å². The van der Waals surface area contributed by atoms with Crippen LogP contribution >= 0.6 is 0 Å². The molecule has 6 nitrogen and oxygen atoms in total. The van der Waals surface area contributed by atoms with Crippen molar-refractivity contribution in [3.63, 3.8) is 0 Å². The number of hydrogen-bond acceptors (Lipinski definition) is 5. The molecule has 0 spiro atoms. The quantitative estimate of drug-likeness (QED) is 0.308. The first-order chi connectivity index (χ1) is 16.3. The molecule has 1 N–H and O–H groups in total. The Labute approximate surface area is 196 Å². The number of methoxy groups -OCH3 is 1. The monoisotopic (exact) mass is 461 g/mol. The van der Waals surface area contributed by atoms with Crippen LogP contribution in [0.1, 0.15) is 31.0 Å². The molecule has 34 heavy (non-hydrogen) atoms. The van der Waals surface area contributed by atoms with Gasteiger partial charge in [-0.2, -0.15) is 0 Å². The first-order valence-electron chi connectivity index (χ1n) is 10.8. The summed E-state index contributed by atoms with van der Waals surface area (Å²) in [6.45, 7) is 3.75. The van der Waals surface area contributed by atoms with E-state index < -0.39 is 23.5 Å². The third kappa shape index (κ3) is 4.37. The van der Waals surface area contributed by atoms with Gasteiger partial charge in [0.1, 0.15) is 23.1 Å². The molecule has 0 bridgehead atoms. The number of nitrogens with zero attached hydrogens (tertiary/aromatic N) is 1. The van der Waals surface area contributed by atoms with Crippen molar-refractivity contribution in [1.29, 1.82) is 0 Å². The zero-order valence-electron chi connectivity index (χ0n) is 19.0. The number of anilines is 1. The van der Waals surface area contributed by atoms with Crippen molar-refractivity contribution in [2.24, 2.45) is 0 Å². The maximum atomic E-state index is 14.0. The van der Waals surface area contributed by atoms with Gasteiger partial charge < -0.3 is 14.6 Å². The Morgan fingerprint density at radius 1 is 0.971 bits per heavy atom. The number of carbonyl (C=O) groups excluding carboxylic acids is 2. The molecule has 1 aliphatic rings. The molecule has 3 aromatic carbocycles. The van der Waals surface area contributed by atoms with Gasteiger partial charge in [-0.15, -0.1) is 0 Å². The molecule has 7 heteroatoms. The molecule has 1 amide bonds. The van der Waals surface area contributed by atoms with Crippen molar-refractivity contribution in [3.8, 4) is 11.5 Å². The van der Waals surface area contributed by atoms with E-state index in [1.54, 1.807) is 54.6 Å². The van der Waals surface area contributed by atoms with Crippen molar-refractivity contribution in [3.05, 3.63) is 95.3 Å². The summed E-state index contributed by atoms with van der Waals surface area (Å²) < 4.78 is 25.1. The molecule has 0 radical (unpaired) electrons. The van der Waals surface area contributed by atoms with E-state index in [-0.39, 0.29) is 23.1 Å². The number of benzene rings is 3. The van der Waals surface area contributed by atoms with E-state index in [1.165, 1.54) is 30.2 Å². The Bertz CT molecular complexity index is 1280. The van der Waals surface area contributed by atoms with Gasteiger partial charge in [-0.25, -0.2) is 4.39 Å². The lowest BCUT2D eigenvalue weighted by atomic mass is 9.95. The second kappa shape index (κ2) is 9.39. The second-order valence-corrected chi connectivity index (χ2v) is 8.12. The van der Waals surface area contributed by atoms with Crippen LogP contribution in [-0.4, -0.2) is 30.0 Å². The molecule has 1 heterocycles. The Balaban J connectivity index is 1.92. The highest BCUT2D eigenvalue weighted by molar-refractivity contribution is 6.51. The molecule has 1 unspecified atom stereocenters. The second-order valence-electron chi connectivity index (χ2n) is 8.12. The smallest absolute Gasteiger partial charge is 0.300 e. The molecule has 3 aromatic rings. The van der Waals surface area contributed by atoms with Gasteiger partial charge in [0.15, 0.2) is 0 Å². The predicted molar refractivity (Wildman–Crippen MR) is 126 cm³/mol. The fraction of sp³-hybridized carbons (Fsp3) is 0.185. The Morgan fingerprint density at radius 2 is 1.68 bits per heavy atom. The molecule has 0 aromatic heterocycles. The number of ketones is 1. The lowest BCUT2D eigenvalue weighted by molar-refractivity contribution is -0.132. The minimum absolute atomic E-state index is 0.0901. The average molecular weight is 461 g/mol. The Kier molecular flexibility index (Phi) is 6.36. The largest absolute Gasteiger partial charge is 0.507 e. The number of carbonyl (C=O) groups is 2. The van der Waals surface area contributed by atoms with Crippen LogP contribution in [0.25, 0.3) is 5.76 Å². The maximum Gasteiger partial charge on any atom is 0.300 e. The molecule has 1 atom stereocenters. The number of aliphatic hydroxyl groups is 1. The van der Waals surface area contributed by atoms with Gasteiger partial charge in [0, 0.05) is 11.3 Å². The summed E-state index contributed by atoms with van der Waals surface area (Å²) in [5, 5.41) is 11.3. The minimum atomic E-state index is -0.994. The topological polar surface area (TPSA) is 76.1 Å². The van der Waals surface area contributed by atoms with Gasteiger partial charge in [0.25, 0.3) is 11.7 Å². The molecular weight excluding hydrogens is 437 g/mol. The standard InChI is InChI=1S/C27H24FNO5/c1-16(2)34-22-12-5-8-18(14-22)25(30)23-24(17-7-4-11-21(13-17)33-3)29(27(32)26(23)31)20-10-6-9-19(28)15-20/h4-16,24,30H,1-3H3/b25-23+. The van der Waals surface area contributed by atoms with E-state index in [9.17, 15) is 19.1 Å². The first-order valence-corrected chi connectivity index (χ1v) is 10.8. The van der Waals surface area contributed by atoms with Gasteiger partial charge in [-0.3, -0.25) is 14.5 Å². The molecule has 0 aliphatic carbocycles. The van der Waals surface area contributed by atoms with Crippen molar-refractivity contribution >= 4 is 23.1 Å². The van der Waals surface area contributed by atoms with Gasteiger partial charge in [0.2, 0.25) is 0 Å². The van der Waals surface area contributed by atoms with Crippen LogP contribution in [0.4, 0.5) is 10.1 Å². The number of halogens is 1. The fourth-order valence-electron chi connectivity index (χ4n) is 4.00. The maximum absolute atomic E-state index is 14.0. The van der Waals surface area contributed by atoms with Crippen LogP contribution in [-0.2, 0) is 9.59 Å². The van der Waals surface area contributed by atoms with Crippen molar-refractivity contribution < 1.29 is 28.6 Å². The summed E-state index contributed by atoms with van der Waals surface area (Å²) in [6, 6.07) is 17.9. The summed E-state index contributed by atoms with van der Waals surface area (Å²) in [4.78, 5) is 27.6. The van der Waals surface area contributed by atoms with E-state index in [0.29, 0.717) is 22.6 Å². The highest BCUT2D eigenvalue weighted by atomic mass is 19.1. The number of aliphatic hydroxyl groups excluding tert-OH is 1. The summed E-state index contributed by atoms with van der Waals surface area (Å²) in [5.41, 5.74) is 0.942. The Hall–Kier alpha value is -4.13. The lowest BCUT2D eigenvalue weighted by Crippen LogP contribution is -2.29. The normalized spacial score (nSPS) is 17.3. The minimum Gasteiger partial charge on any atom is -0.507 e. The number of hydrogen-bond donors (Lipinski definition) is 1. The third-order valence-electron chi connectivity index (χ3n) is 5.42. The van der Waals surface area contributed by atoms with Gasteiger partial charge in [-0.1, -0.05) is 30.3 Å². The molecule has 0 saturated carbocycles. The summed E-state index contributed by atoms with van der Waals surface area (Å²) >= 11 is 0. The predicted octanol–water partition coefficient (Wildman–Crippen LogP) is 5.25. The molecule has 4 rings (SSSR count). The van der Waals surface area contributed by atoms with E-state index in [2.05, 4.69) is 0 Å². The van der Waals surface area contributed by atoms with Crippen molar-refractivity contribution in [1.82, 2.24) is 0 Å². The average Bonchev–Trinajstić information content (AvgIpc) is 3.09. The van der Waals surface area contributed by atoms with E-state index in [0.717, 1.165) is 0 Å². The van der Waals surface area contributed by atoms with Crippen LogP contribution in [0.5, 0.6) is 11.5 Å². The van der Waals surface area contributed by atoms with Crippen molar-refractivity contribution in [2.75, 3.05) is 12.0 Å². The molecule has 1 fully saturated rings. The summed E-state index contributed by atoms with van der Waals surface area (Å²) in [6.07, 6.45) is -0.0901. The highest BCUT2D eigenvalue weighted by Gasteiger charge is 2.47. The van der Waals surface area contributed by atoms with E-state index in [1.807, 2.05) is 13.8 Å². The van der Waals surface area contributed by atoms with Gasteiger partial charge >= 0.3 is 0 Å². The molecular formula is C27H24FNO5. The zero-order valence-corrected chi connectivity index (χ0v) is 19.0. The summed E-state index contributed by atoms with van der Waals surface area (Å²) in [5.74, 6) is -1.62. The van der Waals surface area contributed by atoms with Crippen LogP contribution in [0.15, 0.2) is 78.4 Å². The Morgan fingerprint density at radius 3 is 2.38 bits per heavy atom.